The summed E-state index contributed by atoms with van der Waals surface area (Å²) in [5, 5.41) is 0.967. The zero-order valence-electron chi connectivity index (χ0n) is 9.98. The summed E-state index contributed by atoms with van der Waals surface area (Å²) in [4.78, 5) is 11.2. The second-order valence-electron chi connectivity index (χ2n) is 3.65. The van der Waals surface area contributed by atoms with E-state index < -0.39 is 5.97 Å². The van der Waals surface area contributed by atoms with E-state index in [4.69, 9.17) is 32.4 Å². The van der Waals surface area contributed by atoms with E-state index in [0.29, 0.717) is 21.6 Å². The smallest absolute Gasteiger partial charge is 0.373 e. The van der Waals surface area contributed by atoms with Crippen molar-refractivity contribution in [3.05, 3.63) is 51.9 Å². The van der Waals surface area contributed by atoms with Crippen LogP contribution in [0.5, 0.6) is 5.75 Å². The minimum atomic E-state index is -0.531. The number of carbonyl (C=O) groups is 1. The van der Waals surface area contributed by atoms with Crippen molar-refractivity contribution in [2.24, 2.45) is 0 Å². The molecule has 1 heterocycles. The molecule has 0 unspecified atom stereocenters. The van der Waals surface area contributed by atoms with Gasteiger partial charge in [0.25, 0.3) is 0 Å². The molecule has 2 aromatic rings. The number of benzene rings is 1. The molecule has 0 bridgehead atoms. The topological polar surface area (TPSA) is 48.7 Å². The van der Waals surface area contributed by atoms with Crippen molar-refractivity contribution >= 4 is 29.2 Å². The molecular weight excluding hydrogens is 291 g/mol. The average molecular weight is 301 g/mol. The monoisotopic (exact) mass is 300 g/mol. The van der Waals surface area contributed by atoms with Gasteiger partial charge in [0.15, 0.2) is 0 Å². The van der Waals surface area contributed by atoms with Gasteiger partial charge in [0.2, 0.25) is 5.76 Å². The molecule has 0 radical (unpaired) electrons. The van der Waals surface area contributed by atoms with Gasteiger partial charge in [0.05, 0.1) is 7.11 Å². The zero-order chi connectivity index (χ0) is 13.8. The maximum absolute atomic E-state index is 11.2. The van der Waals surface area contributed by atoms with E-state index in [2.05, 4.69) is 4.74 Å². The summed E-state index contributed by atoms with van der Waals surface area (Å²) in [5.74, 6) is 0.618. The molecule has 0 saturated carbocycles. The number of ether oxygens (including phenoxy) is 2. The Balaban J connectivity index is 2.02. The Morgan fingerprint density at radius 3 is 2.53 bits per heavy atom. The number of rotatable bonds is 4. The Kier molecular flexibility index (Phi) is 4.35. The van der Waals surface area contributed by atoms with E-state index in [-0.39, 0.29) is 12.4 Å². The molecule has 100 valence electrons. The predicted molar refractivity (Wildman–Crippen MR) is 70.8 cm³/mol. The molecule has 0 amide bonds. The van der Waals surface area contributed by atoms with E-state index in [0.717, 1.165) is 0 Å². The van der Waals surface area contributed by atoms with Gasteiger partial charge >= 0.3 is 5.97 Å². The number of esters is 1. The standard InChI is InChI=1S/C13H10Cl2O4/c1-17-13(16)12-3-2-10(19-12)7-18-11-5-8(14)4-9(15)6-11/h2-6H,7H2,1H3. The average Bonchev–Trinajstić information content (AvgIpc) is 2.83. The number of halogens is 2. The van der Waals surface area contributed by atoms with Crippen molar-refractivity contribution in [1.29, 1.82) is 0 Å². The van der Waals surface area contributed by atoms with Gasteiger partial charge in [0, 0.05) is 10.0 Å². The lowest BCUT2D eigenvalue weighted by Crippen LogP contribution is -1.99. The number of methoxy groups -OCH3 is 1. The Morgan fingerprint density at radius 1 is 1.21 bits per heavy atom. The van der Waals surface area contributed by atoms with E-state index in [1.54, 1.807) is 24.3 Å². The second-order valence-corrected chi connectivity index (χ2v) is 4.52. The molecule has 1 aromatic heterocycles. The minimum absolute atomic E-state index is 0.130. The van der Waals surface area contributed by atoms with Crippen molar-refractivity contribution in [2.45, 2.75) is 6.61 Å². The van der Waals surface area contributed by atoms with Crippen LogP contribution in [-0.4, -0.2) is 13.1 Å². The molecule has 6 heteroatoms. The minimum Gasteiger partial charge on any atom is -0.486 e. The number of carbonyl (C=O) groups excluding carboxylic acids is 1. The van der Waals surface area contributed by atoms with E-state index in [9.17, 15) is 4.79 Å². The van der Waals surface area contributed by atoms with Gasteiger partial charge in [-0.1, -0.05) is 23.2 Å². The number of hydrogen-bond donors (Lipinski definition) is 0. The van der Waals surface area contributed by atoms with E-state index >= 15 is 0 Å². The molecule has 2 rings (SSSR count). The Bertz CT molecular complexity index is 572. The summed E-state index contributed by atoms with van der Waals surface area (Å²) in [6.45, 7) is 0.160. The van der Waals surface area contributed by atoms with Gasteiger partial charge < -0.3 is 13.9 Å². The molecule has 1 aromatic carbocycles. The molecule has 0 atom stereocenters. The van der Waals surface area contributed by atoms with Crippen molar-refractivity contribution < 1.29 is 18.7 Å². The SMILES string of the molecule is COC(=O)c1ccc(COc2cc(Cl)cc(Cl)c2)o1. The van der Waals surface area contributed by atoms with Gasteiger partial charge in [-0.15, -0.1) is 0 Å². The first-order valence-electron chi connectivity index (χ1n) is 5.34. The normalized spacial score (nSPS) is 10.3. The molecule has 0 saturated heterocycles. The van der Waals surface area contributed by atoms with Crippen LogP contribution in [0.15, 0.2) is 34.7 Å². The van der Waals surface area contributed by atoms with Crippen LogP contribution in [0.25, 0.3) is 0 Å². The fourth-order valence-electron chi connectivity index (χ4n) is 1.43. The Labute approximate surface area is 119 Å². The van der Waals surface area contributed by atoms with Gasteiger partial charge in [-0.05, 0) is 30.3 Å². The summed E-state index contributed by atoms with van der Waals surface area (Å²) in [5.41, 5.74) is 0. The summed E-state index contributed by atoms with van der Waals surface area (Å²) in [6, 6.07) is 8.04. The lowest BCUT2D eigenvalue weighted by atomic mass is 10.3. The van der Waals surface area contributed by atoms with E-state index in [1.165, 1.54) is 13.2 Å². The Hall–Kier alpha value is -1.65. The first kappa shape index (κ1) is 13.8. The molecular formula is C13H10Cl2O4. The maximum atomic E-state index is 11.2. The van der Waals surface area contributed by atoms with Crippen LogP contribution < -0.4 is 4.74 Å². The molecule has 4 nitrogen and oxygen atoms in total. The van der Waals surface area contributed by atoms with Crippen LogP contribution in [0.4, 0.5) is 0 Å². The van der Waals surface area contributed by atoms with Crippen LogP contribution in [0.3, 0.4) is 0 Å². The third kappa shape index (κ3) is 3.66. The molecule has 19 heavy (non-hydrogen) atoms. The summed E-state index contributed by atoms with van der Waals surface area (Å²) in [6.07, 6.45) is 0. The van der Waals surface area contributed by atoms with Crippen molar-refractivity contribution in [1.82, 2.24) is 0 Å². The van der Waals surface area contributed by atoms with Gasteiger partial charge in [0.1, 0.15) is 18.1 Å². The lowest BCUT2D eigenvalue weighted by Gasteiger charge is -2.05. The fourth-order valence-corrected chi connectivity index (χ4v) is 1.94. The van der Waals surface area contributed by atoms with E-state index in [1.807, 2.05) is 0 Å². The highest BCUT2D eigenvalue weighted by Gasteiger charge is 2.11. The van der Waals surface area contributed by atoms with Gasteiger partial charge in [-0.3, -0.25) is 0 Å². The number of furan rings is 1. The molecule has 0 N–H and O–H groups in total. The lowest BCUT2D eigenvalue weighted by molar-refractivity contribution is 0.0561. The summed E-state index contributed by atoms with van der Waals surface area (Å²) < 4.78 is 15.3. The number of hydrogen-bond acceptors (Lipinski definition) is 4. The highest BCUT2D eigenvalue weighted by molar-refractivity contribution is 6.34. The van der Waals surface area contributed by atoms with Crippen LogP contribution in [0.2, 0.25) is 10.0 Å². The Morgan fingerprint density at radius 2 is 1.89 bits per heavy atom. The first-order valence-corrected chi connectivity index (χ1v) is 6.10. The zero-order valence-corrected chi connectivity index (χ0v) is 11.5. The van der Waals surface area contributed by atoms with Crippen molar-refractivity contribution in [3.63, 3.8) is 0 Å². The summed E-state index contributed by atoms with van der Waals surface area (Å²) in [7, 11) is 1.29. The maximum Gasteiger partial charge on any atom is 0.373 e. The molecule has 0 fully saturated rings. The third-order valence-electron chi connectivity index (χ3n) is 2.27. The molecule has 0 aliphatic heterocycles. The predicted octanol–water partition coefficient (Wildman–Crippen LogP) is 3.95. The fraction of sp³-hybridized carbons (Fsp3) is 0.154. The highest BCUT2D eigenvalue weighted by atomic mass is 35.5. The van der Waals surface area contributed by atoms with Crippen LogP contribution in [-0.2, 0) is 11.3 Å². The summed E-state index contributed by atoms with van der Waals surface area (Å²) >= 11 is 11.7. The van der Waals surface area contributed by atoms with Crippen LogP contribution in [0.1, 0.15) is 16.3 Å². The van der Waals surface area contributed by atoms with Crippen molar-refractivity contribution in [3.8, 4) is 5.75 Å². The highest BCUT2D eigenvalue weighted by Crippen LogP contribution is 2.25. The third-order valence-corrected chi connectivity index (χ3v) is 2.70. The van der Waals surface area contributed by atoms with Crippen molar-refractivity contribution in [2.75, 3.05) is 7.11 Å². The van der Waals surface area contributed by atoms with Crippen LogP contribution >= 0.6 is 23.2 Å². The second kappa shape index (κ2) is 5.99. The van der Waals surface area contributed by atoms with Gasteiger partial charge in [-0.2, -0.15) is 0 Å². The quantitative estimate of drug-likeness (QED) is 0.802. The molecule has 0 spiro atoms. The molecule has 0 aliphatic carbocycles. The first-order chi connectivity index (χ1) is 9.08. The van der Waals surface area contributed by atoms with Crippen LogP contribution in [0, 0.1) is 0 Å². The molecule has 0 aliphatic rings. The van der Waals surface area contributed by atoms with Gasteiger partial charge in [-0.25, -0.2) is 4.79 Å². The largest absolute Gasteiger partial charge is 0.486 e.